The number of hydrogen-bond acceptors (Lipinski definition) is 2. The zero-order valence-corrected chi connectivity index (χ0v) is 8.01. The summed E-state index contributed by atoms with van der Waals surface area (Å²) in [5.74, 6) is -0.392. The summed E-state index contributed by atoms with van der Waals surface area (Å²) in [7, 11) is 1.51. The monoisotopic (exact) mass is 203 g/mol. The Labute approximate surface area is 81.4 Å². The van der Waals surface area contributed by atoms with Gasteiger partial charge in [0.1, 0.15) is 5.82 Å². The zero-order valence-electron chi connectivity index (χ0n) is 7.26. The van der Waals surface area contributed by atoms with Crippen LogP contribution in [0, 0.1) is 5.82 Å². The summed E-state index contributed by atoms with van der Waals surface area (Å²) in [6, 6.07) is 3.96. The van der Waals surface area contributed by atoms with E-state index in [0.29, 0.717) is 10.6 Å². The van der Waals surface area contributed by atoms with Crippen molar-refractivity contribution in [3.05, 3.63) is 34.6 Å². The Morgan fingerprint density at radius 2 is 2.31 bits per heavy atom. The summed E-state index contributed by atoms with van der Waals surface area (Å²) in [4.78, 5) is 0. The molecule has 4 heteroatoms. The Kier molecular flexibility index (Phi) is 3.66. The maximum Gasteiger partial charge on any atom is 0.129 e. The predicted molar refractivity (Wildman–Crippen MR) is 50.2 cm³/mol. The van der Waals surface area contributed by atoms with Crippen molar-refractivity contribution in [2.75, 3.05) is 13.7 Å². The zero-order chi connectivity index (χ0) is 9.84. The molecule has 1 atom stereocenters. The van der Waals surface area contributed by atoms with Crippen LogP contribution in [0.25, 0.3) is 0 Å². The SMILES string of the molecule is COCC(N)c1c(F)cccc1Cl. The van der Waals surface area contributed by atoms with Crippen LogP contribution in [-0.2, 0) is 4.74 Å². The van der Waals surface area contributed by atoms with Crippen molar-refractivity contribution in [1.82, 2.24) is 0 Å². The van der Waals surface area contributed by atoms with Crippen LogP contribution in [0.4, 0.5) is 4.39 Å². The first-order valence-electron chi connectivity index (χ1n) is 3.85. The molecule has 0 heterocycles. The largest absolute Gasteiger partial charge is 0.383 e. The molecule has 0 saturated carbocycles. The van der Waals surface area contributed by atoms with E-state index in [4.69, 9.17) is 22.1 Å². The number of ether oxygens (including phenoxy) is 1. The molecular weight excluding hydrogens is 193 g/mol. The molecule has 1 aromatic carbocycles. The first kappa shape index (κ1) is 10.4. The summed E-state index contributed by atoms with van der Waals surface area (Å²) < 4.78 is 18.0. The molecule has 0 aliphatic carbocycles. The number of benzene rings is 1. The fourth-order valence-electron chi connectivity index (χ4n) is 1.13. The van der Waals surface area contributed by atoms with Crippen LogP contribution in [-0.4, -0.2) is 13.7 Å². The van der Waals surface area contributed by atoms with Gasteiger partial charge in [-0.1, -0.05) is 17.7 Å². The maximum atomic E-state index is 13.2. The van der Waals surface area contributed by atoms with Crippen molar-refractivity contribution in [2.45, 2.75) is 6.04 Å². The maximum absolute atomic E-state index is 13.2. The molecule has 0 aromatic heterocycles. The lowest BCUT2D eigenvalue weighted by Crippen LogP contribution is -2.18. The average molecular weight is 204 g/mol. The molecule has 1 unspecified atom stereocenters. The second-order valence-electron chi connectivity index (χ2n) is 2.70. The van der Waals surface area contributed by atoms with Gasteiger partial charge in [-0.3, -0.25) is 0 Å². The third-order valence-corrected chi connectivity index (χ3v) is 2.05. The molecule has 0 spiro atoms. The van der Waals surface area contributed by atoms with Crippen LogP contribution in [0.3, 0.4) is 0 Å². The molecule has 0 radical (unpaired) electrons. The first-order valence-corrected chi connectivity index (χ1v) is 4.23. The molecule has 0 aliphatic rings. The molecule has 0 saturated heterocycles. The fourth-order valence-corrected chi connectivity index (χ4v) is 1.43. The Morgan fingerprint density at radius 1 is 1.62 bits per heavy atom. The van der Waals surface area contributed by atoms with Crippen molar-refractivity contribution in [1.29, 1.82) is 0 Å². The molecule has 0 fully saturated rings. The number of methoxy groups -OCH3 is 1. The van der Waals surface area contributed by atoms with Gasteiger partial charge in [-0.15, -0.1) is 0 Å². The smallest absolute Gasteiger partial charge is 0.129 e. The van der Waals surface area contributed by atoms with Gasteiger partial charge in [0.2, 0.25) is 0 Å². The lowest BCUT2D eigenvalue weighted by Gasteiger charge is -2.13. The third-order valence-electron chi connectivity index (χ3n) is 1.72. The van der Waals surface area contributed by atoms with E-state index in [1.807, 2.05) is 0 Å². The molecule has 0 bridgehead atoms. The average Bonchev–Trinajstić information content (AvgIpc) is 2.04. The number of halogens is 2. The van der Waals surface area contributed by atoms with Gasteiger partial charge in [0.05, 0.1) is 12.6 Å². The van der Waals surface area contributed by atoms with Crippen LogP contribution < -0.4 is 5.73 Å². The number of hydrogen-bond donors (Lipinski definition) is 1. The van der Waals surface area contributed by atoms with Crippen LogP contribution >= 0.6 is 11.6 Å². The van der Waals surface area contributed by atoms with Crippen molar-refractivity contribution in [3.63, 3.8) is 0 Å². The van der Waals surface area contributed by atoms with Gasteiger partial charge in [-0.05, 0) is 12.1 Å². The second-order valence-corrected chi connectivity index (χ2v) is 3.10. The Hall–Kier alpha value is -0.640. The Balaban J connectivity index is 2.98. The standard InChI is InChI=1S/C9H11ClFNO/c1-13-5-8(12)9-6(10)3-2-4-7(9)11/h2-4,8H,5,12H2,1H3. The highest BCUT2D eigenvalue weighted by atomic mass is 35.5. The van der Waals surface area contributed by atoms with E-state index in [1.54, 1.807) is 12.1 Å². The van der Waals surface area contributed by atoms with Gasteiger partial charge in [0.25, 0.3) is 0 Å². The summed E-state index contributed by atoms with van der Waals surface area (Å²) in [5.41, 5.74) is 5.97. The Bertz CT molecular complexity index is 273. The number of rotatable bonds is 3. The lowest BCUT2D eigenvalue weighted by molar-refractivity contribution is 0.179. The van der Waals surface area contributed by atoms with Gasteiger partial charge in [0.15, 0.2) is 0 Å². The third kappa shape index (κ3) is 2.40. The van der Waals surface area contributed by atoms with Crippen LogP contribution in [0.15, 0.2) is 18.2 Å². The minimum Gasteiger partial charge on any atom is -0.383 e. The van der Waals surface area contributed by atoms with Gasteiger partial charge in [0, 0.05) is 17.7 Å². The molecule has 0 amide bonds. The van der Waals surface area contributed by atoms with E-state index >= 15 is 0 Å². The van der Waals surface area contributed by atoms with E-state index in [0.717, 1.165) is 0 Å². The van der Waals surface area contributed by atoms with Crippen LogP contribution in [0.1, 0.15) is 11.6 Å². The summed E-state index contributed by atoms with van der Waals surface area (Å²) in [6.07, 6.45) is 0. The molecule has 1 rings (SSSR count). The first-order chi connectivity index (χ1) is 6.16. The minimum absolute atomic E-state index is 0.251. The quantitative estimate of drug-likeness (QED) is 0.817. The van der Waals surface area contributed by atoms with Crippen molar-refractivity contribution >= 4 is 11.6 Å². The van der Waals surface area contributed by atoms with Crippen molar-refractivity contribution in [3.8, 4) is 0 Å². The summed E-state index contributed by atoms with van der Waals surface area (Å²) in [5, 5.41) is 0.338. The molecule has 2 nitrogen and oxygen atoms in total. The predicted octanol–water partition coefficient (Wildman–Crippen LogP) is 2.13. The molecular formula is C9H11ClFNO. The highest BCUT2D eigenvalue weighted by Crippen LogP contribution is 2.24. The fraction of sp³-hybridized carbons (Fsp3) is 0.333. The topological polar surface area (TPSA) is 35.2 Å². The van der Waals surface area contributed by atoms with Gasteiger partial charge >= 0.3 is 0 Å². The van der Waals surface area contributed by atoms with Gasteiger partial charge < -0.3 is 10.5 Å². The normalized spacial score (nSPS) is 12.9. The molecule has 13 heavy (non-hydrogen) atoms. The molecule has 0 aliphatic heterocycles. The highest BCUT2D eigenvalue weighted by Gasteiger charge is 2.14. The van der Waals surface area contributed by atoms with Crippen LogP contribution in [0.2, 0.25) is 5.02 Å². The van der Waals surface area contributed by atoms with Crippen molar-refractivity contribution in [2.24, 2.45) is 5.73 Å². The minimum atomic E-state index is -0.515. The van der Waals surface area contributed by atoms with E-state index in [1.165, 1.54) is 13.2 Å². The van der Waals surface area contributed by atoms with E-state index in [-0.39, 0.29) is 6.61 Å². The van der Waals surface area contributed by atoms with E-state index in [2.05, 4.69) is 0 Å². The molecule has 2 N–H and O–H groups in total. The molecule has 1 aromatic rings. The van der Waals surface area contributed by atoms with Crippen LogP contribution in [0.5, 0.6) is 0 Å². The van der Waals surface area contributed by atoms with Gasteiger partial charge in [-0.25, -0.2) is 4.39 Å². The van der Waals surface area contributed by atoms with Gasteiger partial charge in [-0.2, -0.15) is 0 Å². The number of nitrogens with two attached hydrogens (primary N) is 1. The Morgan fingerprint density at radius 3 is 2.85 bits per heavy atom. The second kappa shape index (κ2) is 4.56. The van der Waals surface area contributed by atoms with E-state index < -0.39 is 11.9 Å². The summed E-state index contributed by atoms with van der Waals surface area (Å²) in [6.45, 7) is 0.251. The van der Waals surface area contributed by atoms with Crippen molar-refractivity contribution < 1.29 is 9.13 Å². The summed E-state index contributed by atoms with van der Waals surface area (Å²) >= 11 is 5.78. The van der Waals surface area contributed by atoms with E-state index in [9.17, 15) is 4.39 Å². The highest BCUT2D eigenvalue weighted by molar-refractivity contribution is 6.31. The lowest BCUT2D eigenvalue weighted by atomic mass is 10.1. The molecule has 72 valence electrons.